The van der Waals surface area contributed by atoms with Gasteiger partial charge in [0.15, 0.2) is 0 Å². The van der Waals surface area contributed by atoms with Gasteiger partial charge in [0, 0.05) is 38.7 Å². The van der Waals surface area contributed by atoms with E-state index >= 15 is 0 Å². The summed E-state index contributed by atoms with van der Waals surface area (Å²) in [5, 5.41) is 10.0. The van der Waals surface area contributed by atoms with Crippen LogP contribution >= 0.6 is 11.3 Å². The van der Waals surface area contributed by atoms with Crippen molar-refractivity contribution in [1.82, 2.24) is 14.7 Å². The van der Waals surface area contributed by atoms with Gasteiger partial charge in [-0.05, 0) is 69.2 Å². The molecule has 35 heavy (non-hydrogen) atoms. The van der Waals surface area contributed by atoms with Gasteiger partial charge >= 0.3 is 6.09 Å². The van der Waals surface area contributed by atoms with Gasteiger partial charge in [-0.3, -0.25) is 4.79 Å². The highest BCUT2D eigenvalue weighted by atomic mass is 32.1. The molecule has 2 heterocycles. The summed E-state index contributed by atoms with van der Waals surface area (Å²) >= 11 is 1.38. The van der Waals surface area contributed by atoms with E-state index in [1.807, 2.05) is 11.0 Å². The van der Waals surface area contributed by atoms with Crippen molar-refractivity contribution in [2.24, 2.45) is 5.11 Å². The van der Waals surface area contributed by atoms with Crippen LogP contribution in [0.3, 0.4) is 0 Å². The molecule has 0 spiro atoms. The van der Waals surface area contributed by atoms with Gasteiger partial charge in [-0.15, -0.1) is 11.3 Å². The quantitative estimate of drug-likeness (QED) is 0.256. The van der Waals surface area contributed by atoms with Gasteiger partial charge in [0.1, 0.15) is 11.4 Å². The zero-order valence-corrected chi connectivity index (χ0v) is 20.3. The van der Waals surface area contributed by atoms with Crippen molar-refractivity contribution in [3.8, 4) is 0 Å². The number of rotatable bonds is 6. The molecule has 2 aliphatic carbocycles. The van der Waals surface area contributed by atoms with Crippen LogP contribution in [0.25, 0.3) is 20.5 Å². The first kappa shape index (κ1) is 23.3. The Labute approximate surface area is 205 Å². The monoisotopic (exact) mass is 496 g/mol. The van der Waals surface area contributed by atoms with Gasteiger partial charge < -0.3 is 9.64 Å². The fourth-order valence-electron chi connectivity index (χ4n) is 4.66. The standard InChI is InChI=1S/C24H25FN6O3S/c1-24(2,13-27-29-26)34-23(33)30-11-14-10-16(8-9-19(14)28-30)31(15-6-7-15)22(32)17-12-35-20-5-3-4-18(25)21(17)20/h3-5,11-12,15-16H,6-10,13H2,1-2H3. The summed E-state index contributed by atoms with van der Waals surface area (Å²) in [4.78, 5) is 30.9. The van der Waals surface area contributed by atoms with Crippen LogP contribution in [0.2, 0.25) is 0 Å². The van der Waals surface area contributed by atoms with E-state index in [0.29, 0.717) is 30.2 Å². The van der Waals surface area contributed by atoms with E-state index in [-0.39, 0.29) is 30.4 Å². The second-order valence-corrected chi connectivity index (χ2v) is 10.6. The number of azide groups is 1. The Kier molecular flexibility index (Phi) is 5.98. The predicted octanol–water partition coefficient (Wildman–Crippen LogP) is 5.47. The van der Waals surface area contributed by atoms with E-state index in [0.717, 1.165) is 28.8 Å². The number of thiophene rings is 1. The molecule has 5 rings (SSSR count). The van der Waals surface area contributed by atoms with Crippen molar-refractivity contribution in [2.75, 3.05) is 6.54 Å². The average Bonchev–Trinajstić information content (AvgIpc) is 3.39. The number of benzene rings is 1. The number of hydrogen-bond acceptors (Lipinski definition) is 6. The lowest BCUT2D eigenvalue weighted by molar-refractivity contribution is 0.0441. The molecular formula is C24H25FN6O3S. The Bertz CT molecular complexity index is 1350. The highest BCUT2D eigenvalue weighted by Crippen LogP contribution is 2.37. The summed E-state index contributed by atoms with van der Waals surface area (Å²) in [6, 6.07) is 4.97. The molecule has 1 fully saturated rings. The van der Waals surface area contributed by atoms with Gasteiger partial charge in [0.2, 0.25) is 0 Å². The SMILES string of the molecule is CC(C)(CN=[N+]=[N-])OC(=O)n1cc2c(n1)CCC(N(C(=O)c1csc3cccc(F)c13)C1CC1)C2. The van der Waals surface area contributed by atoms with Crippen LogP contribution in [0.1, 0.15) is 54.7 Å². The largest absolute Gasteiger partial charge is 0.442 e. The Hall–Kier alpha value is -3.43. The molecule has 0 saturated heterocycles. The summed E-state index contributed by atoms with van der Waals surface area (Å²) in [6.07, 6.45) is 4.78. The van der Waals surface area contributed by atoms with Crippen LogP contribution in [-0.2, 0) is 17.6 Å². The number of hydrogen-bond donors (Lipinski definition) is 0. The van der Waals surface area contributed by atoms with Crippen molar-refractivity contribution < 1.29 is 18.7 Å². The number of carbonyl (C=O) groups excluding carboxylic acids is 2. The first-order valence-corrected chi connectivity index (χ1v) is 12.5. The number of amides is 1. The number of halogens is 1. The molecule has 1 unspecified atom stereocenters. The molecule has 11 heteroatoms. The summed E-state index contributed by atoms with van der Waals surface area (Å²) in [6.45, 7) is 3.33. The van der Waals surface area contributed by atoms with E-state index < -0.39 is 11.7 Å². The fourth-order valence-corrected chi connectivity index (χ4v) is 5.60. The Morgan fingerprint density at radius 2 is 2.14 bits per heavy atom. The minimum atomic E-state index is -0.966. The van der Waals surface area contributed by atoms with Crippen molar-refractivity contribution in [2.45, 2.75) is 63.6 Å². The first-order chi connectivity index (χ1) is 16.8. The van der Waals surface area contributed by atoms with Crippen molar-refractivity contribution >= 4 is 33.4 Å². The third kappa shape index (κ3) is 4.61. The minimum absolute atomic E-state index is 0.00855. The maximum Gasteiger partial charge on any atom is 0.435 e. The summed E-state index contributed by atoms with van der Waals surface area (Å²) < 4.78 is 22.0. The zero-order chi connectivity index (χ0) is 24.7. The molecule has 0 aliphatic heterocycles. The predicted molar refractivity (Wildman–Crippen MR) is 129 cm³/mol. The maximum absolute atomic E-state index is 14.6. The summed E-state index contributed by atoms with van der Waals surface area (Å²) in [5.41, 5.74) is 9.68. The second-order valence-electron chi connectivity index (χ2n) is 9.66. The van der Waals surface area contributed by atoms with Crippen LogP contribution in [0.5, 0.6) is 0 Å². The molecule has 1 saturated carbocycles. The summed E-state index contributed by atoms with van der Waals surface area (Å²) in [7, 11) is 0. The van der Waals surface area contributed by atoms with Crippen LogP contribution in [0.4, 0.5) is 9.18 Å². The van der Waals surface area contributed by atoms with Crippen LogP contribution in [0.15, 0.2) is 34.9 Å². The minimum Gasteiger partial charge on any atom is -0.442 e. The fraction of sp³-hybridized carbons (Fsp3) is 0.458. The molecule has 0 radical (unpaired) electrons. The highest BCUT2D eigenvalue weighted by molar-refractivity contribution is 7.17. The Balaban J connectivity index is 1.36. The van der Waals surface area contributed by atoms with Gasteiger partial charge in [-0.25, -0.2) is 9.18 Å². The third-order valence-corrected chi connectivity index (χ3v) is 7.41. The van der Waals surface area contributed by atoms with E-state index in [2.05, 4.69) is 15.1 Å². The number of nitrogens with zero attached hydrogens (tertiary/aromatic N) is 6. The topological polar surface area (TPSA) is 113 Å². The number of fused-ring (bicyclic) bond motifs is 2. The van der Waals surface area contributed by atoms with Gasteiger partial charge in [0.05, 0.1) is 17.8 Å². The molecule has 1 aromatic carbocycles. The van der Waals surface area contributed by atoms with Crippen LogP contribution in [0, 0.1) is 5.82 Å². The van der Waals surface area contributed by atoms with Crippen molar-refractivity contribution in [1.29, 1.82) is 0 Å². The molecule has 0 bridgehead atoms. The smallest absolute Gasteiger partial charge is 0.435 e. The molecular weight excluding hydrogens is 471 g/mol. The first-order valence-electron chi connectivity index (χ1n) is 11.6. The molecule has 1 amide bonds. The van der Waals surface area contributed by atoms with Crippen LogP contribution in [-0.4, -0.2) is 50.9 Å². The second kappa shape index (κ2) is 8.98. The Morgan fingerprint density at radius 3 is 2.89 bits per heavy atom. The lowest BCUT2D eigenvalue weighted by Gasteiger charge is -2.34. The molecule has 2 aliphatic rings. The molecule has 3 aromatic rings. The number of aryl methyl sites for hydroxylation is 1. The number of aromatic nitrogens is 2. The van der Waals surface area contributed by atoms with Gasteiger partial charge in [-0.1, -0.05) is 11.2 Å². The average molecular weight is 497 g/mol. The van der Waals surface area contributed by atoms with Gasteiger partial charge in [-0.2, -0.15) is 9.78 Å². The van der Waals surface area contributed by atoms with E-state index in [4.69, 9.17) is 10.3 Å². The lowest BCUT2D eigenvalue weighted by atomic mass is 9.91. The van der Waals surface area contributed by atoms with Gasteiger partial charge in [0.25, 0.3) is 5.91 Å². The molecule has 0 N–H and O–H groups in total. The lowest BCUT2D eigenvalue weighted by Crippen LogP contribution is -2.44. The van der Waals surface area contributed by atoms with Crippen molar-refractivity contribution in [3.63, 3.8) is 0 Å². The third-order valence-electron chi connectivity index (χ3n) is 6.46. The van der Waals surface area contributed by atoms with E-state index in [1.54, 1.807) is 31.5 Å². The number of carbonyl (C=O) groups is 2. The Morgan fingerprint density at radius 1 is 1.34 bits per heavy atom. The molecule has 9 nitrogen and oxygen atoms in total. The molecule has 1 atom stereocenters. The maximum atomic E-state index is 14.6. The molecule has 182 valence electrons. The van der Waals surface area contributed by atoms with E-state index in [1.165, 1.54) is 22.1 Å². The van der Waals surface area contributed by atoms with Crippen LogP contribution < -0.4 is 0 Å². The highest BCUT2D eigenvalue weighted by Gasteiger charge is 2.40. The normalized spacial score (nSPS) is 17.5. The van der Waals surface area contributed by atoms with E-state index in [9.17, 15) is 14.0 Å². The zero-order valence-electron chi connectivity index (χ0n) is 19.5. The summed E-state index contributed by atoms with van der Waals surface area (Å²) in [5.74, 6) is -0.513. The molecule has 2 aromatic heterocycles. The number of ether oxygens (including phenoxy) is 1. The van der Waals surface area contributed by atoms with Crippen molar-refractivity contribution in [3.05, 3.63) is 62.9 Å².